The molecule has 0 aromatic carbocycles. The molecule has 1 amide bonds. The highest BCUT2D eigenvalue weighted by Crippen LogP contribution is 2.12. The van der Waals surface area contributed by atoms with Gasteiger partial charge in [0, 0.05) is 52.9 Å². The van der Waals surface area contributed by atoms with Crippen molar-refractivity contribution in [1.29, 1.82) is 0 Å². The lowest BCUT2D eigenvalue weighted by Gasteiger charge is -2.22. The fraction of sp³-hybridized carbons (Fsp3) is 0.667. The average Bonchev–Trinajstić information content (AvgIpc) is 2.78. The van der Waals surface area contributed by atoms with Crippen LogP contribution < -0.4 is 0 Å². The van der Waals surface area contributed by atoms with Gasteiger partial charge in [0.1, 0.15) is 10.1 Å². The summed E-state index contributed by atoms with van der Waals surface area (Å²) in [5.41, 5.74) is 0.953. The Kier molecular flexibility index (Phi) is 6.86. The molecule has 6 nitrogen and oxygen atoms in total. The second-order valence-electron chi connectivity index (χ2n) is 5.89. The van der Waals surface area contributed by atoms with E-state index in [9.17, 15) is 4.79 Å². The quantitative estimate of drug-likeness (QED) is 0.760. The van der Waals surface area contributed by atoms with Crippen LogP contribution in [0, 0.1) is 6.92 Å². The molecule has 0 N–H and O–H groups in total. The number of amides is 1. The molecule has 2 rings (SSSR count). The van der Waals surface area contributed by atoms with Gasteiger partial charge in [0.2, 0.25) is 5.91 Å². The van der Waals surface area contributed by atoms with Crippen molar-refractivity contribution in [3.05, 3.63) is 17.5 Å². The van der Waals surface area contributed by atoms with Crippen LogP contribution in [0.5, 0.6) is 0 Å². The van der Waals surface area contributed by atoms with Crippen LogP contribution in [0.25, 0.3) is 0 Å². The van der Waals surface area contributed by atoms with E-state index in [1.165, 1.54) is 11.8 Å². The summed E-state index contributed by atoms with van der Waals surface area (Å²) >= 11 is 6.64. The maximum absolute atomic E-state index is 12.3. The zero-order valence-corrected chi connectivity index (χ0v) is 15.6. The number of rotatable bonds is 4. The van der Waals surface area contributed by atoms with Crippen molar-refractivity contribution in [2.24, 2.45) is 0 Å². The van der Waals surface area contributed by atoms with E-state index >= 15 is 0 Å². The number of nitrogens with zero attached hydrogens (tertiary/aromatic N) is 4. The number of carbonyl (C=O) groups is 1. The smallest absolute Gasteiger partial charge is 0.233 e. The summed E-state index contributed by atoms with van der Waals surface area (Å²) in [6.45, 7) is 6.07. The van der Waals surface area contributed by atoms with Crippen LogP contribution >= 0.6 is 24.0 Å². The molecule has 0 saturated carbocycles. The van der Waals surface area contributed by atoms with E-state index < -0.39 is 0 Å². The van der Waals surface area contributed by atoms with Crippen LogP contribution in [0.1, 0.15) is 17.9 Å². The molecule has 128 valence electrons. The first-order chi connectivity index (χ1) is 11.0. The van der Waals surface area contributed by atoms with Crippen molar-refractivity contribution in [1.82, 2.24) is 19.9 Å². The molecule has 0 bridgehead atoms. The first kappa shape index (κ1) is 18.2. The number of carbonyl (C=O) groups excluding carboxylic acids is 1. The van der Waals surface area contributed by atoms with Crippen LogP contribution in [0.4, 0.5) is 0 Å². The molecule has 1 aliphatic rings. The Balaban J connectivity index is 1.78. The highest BCUT2D eigenvalue weighted by molar-refractivity contribution is 8.23. The molecular weight excluding hydrogens is 332 g/mol. The van der Waals surface area contributed by atoms with Crippen molar-refractivity contribution in [3.8, 4) is 0 Å². The van der Waals surface area contributed by atoms with Crippen LogP contribution in [0.3, 0.4) is 0 Å². The van der Waals surface area contributed by atoms with Crippen LogP contribution in [-0.2, 0) is 11.3 Å². The van der Waals surface area contributed by atoms with E-state index in [2.05, 4.69) is 10.1 Å². The molecule has 0 aliphatic carbocycles. The molecular formula is C15H24N4O2S2. The lowest BCUT2D eigenvalue weighted by atomic mass is 10.3. The van der Waals surface area contributed by atoms with Crippen molar-refractivity contribution in [2.45, 2.75) is 19.9 Å². The van der Waals surface area contributed by atoms with Gasteiger partial charge in [-0.05, 0) is 13.3 Å². The Hall–Kier alpha value is -1.12. The molecule has 8 heteroatoms. The molecule has 1 aromatic rings. The van der Waals surface area contributed by atoms with Gasteiger partial charge >= 0.3 is 0 Å². The zero-order valence-electron chi connectivity index (χ0n) is 13.9. The van der Waals surface area contributed by atoms with Crippen LogP contribution in [-0.4, -0.2) is 76.1 Å². The minimum absolute atomic E-state index is 0.165. The van der Waals surface area contributed by atoms with Crippen molar-refractivity contribution >= 4 is 34.2 Å². The Bertz CT molecular complexity index is 547. The third-order valence-electron chi connectivity index (χ3n) is 3.69. The Morgan fingerprint density at radius 3 is 2.83 bits per heavy atom. The van der Waals surface area contributed by atoms with Gasteiger partial charge in [-0.25, -0.2) is 0 Å². The molecule has 1 aromatic heterocycles. The Morgan fingerprint density at radius 1 is 1.39 bits per heavy atom. The molecule has 0 unspecified atom stereocenters. The number of aromatic nitrogens is 1. The van der Waals surface area contributed by atoms with Gasteiger partial charge in [0.05, 0.1) is 11.4 Å². The highest BCUT2D eigenvalue weighted by atomic mass is 32.2. The maximum atomic E-state index is 12.3. The van der Waals surface area contributed by atoms with E-state index in [1.807, 2.05) is 36.9 Å². The fourth-order valence-corrected chi connectivity index (χ4v) is 3.31. The predicted octanol–water partition coefficient (Wildman–Crippen LogP) is 1.60. The van der Waals surface area contributed by atoms with Crippen molar-refractivity contribution in [3.63, 3.8) is 0 Å². The largest absolute Gasteiger partial charge is 0.364 e. The minimum Gasteiger partial charge on any atom is -0.364 e. The molecule has 2 heterocycles. The lowest BCUT2D eigenvalue weighted by molar-refractivity contribution is -0.128. The van der Waals surface area contributed by atoms with E-state index in [-0.39, 0.29) is 5.91 Å². The second-order valence-corrected chi connectivity index (χ2v) is 7.50. The van der Waals surface area contributed by atoms with E-state index in [4.69, 9.17) is 16.7 Å². The van der Waals surface area contributed by atoms with Crippen LogP contribution in [0.15, 0.2) is 10.6 Å². The van der Waals surface area contributed by atoms with Gasteiger partial charge in [-0.1, -0.05) is 29.1 Å². The van der Waals surface area contributed by atoms with Crippen molar-refractivity contribution in [2.75, 3.05) is 46.0 Å². The third-order valence-corrected chi connectivity index (χ3v) is 5.41. The molecule has 23 heavy (non-hydrogen) atoms. The summed E-state index contributed by atoms with van der Waals surface area (Å²) in [6.07, 6.45) is 0.978. The number of thioether (sulfide) groups is 1. The monoisotopic (exact) mass is 356 g/mol. The second kappa shape index (κ2) is 8.65. The highest BCUT2D eigenvalue weighted by Gasteiger charge is 2.20. The lowest BCUT2D eigenvalue weighted by Crippen LogP contribution is -2.36. The number of hydrogen-bond donors (Lipinski definition) is 0. The minimum atomic E-state index is 0.165. The zero-order chi connectivity index (χ0) is 16.8. The van der Waals surface area contributed by atoms with Crippen LogP contribution in [0.2, 0.25) is 0 Å². The maximum Gasteiger partial charge on any atom is 0.233 e. The van der Waals surface area contributed by atoms with Gasteiger partial charge in [-0.15, -0.1) is 0 Å². The topological polar surface area (TPSA) is 52.8 Å². The fourth-order valence-electron chi connectivity index (χ4n) is 2.44. The van der Waals surface area contributed by atoms with Gasteiger partial charge in [0.15, 0.2) is 0 Å². The predicted molar refractivity (Wildman–Crippen MR) is 96.5 cm³/mol. The van der Waals surface area contributed by atoms with E-state index in [1.54, 1.807) is 0 Å². The van der Waals surface area contributed by atoms with Gasteiger partial charge in [-0.2, -0.15) is 0 Å². The van der Waals surface area contributed by atoms with Crippen molar-refractivity contribution < 1.29 is 9.32 Å². The van der Waals surface area contributed by atoms with E-state index in [0.717, 1.165) is 54.9 Å². The Labute approximate surface area is 147 Å². The summed E-state index contributed by atoms with van der Waals surface area (Å²) in [5, 5.41) is 4.04. The molecule has 0 atom stereocenters. The standard InChI is InChI=1S/C15H24N4O2S2/c1-12-9-13(16-21-12)10-18-5-4-6-19(8-7-18)14(20)11-23-15(22)17(2)3/h9H,4-8,10-11H2,1-3H3. The molecule has 0 radical (unpaired) electrons. The summed E-state index contributed by atoms with van der Waals surface area (Å²) in [7, 11) is 3.80. The summed E-state index contributed by atoms with van der Waals surface area (Å²) < 4.78 is 5.86. The number of hydrogen-bond acceptors (Lipinski definition) is 6. The first-order valence-corrected chi connectivity index (χ1v) is 9.11. The normalized spacial score (nSPS) is 16.2. The van der Waals surface area contributed by atoms with Gasteiger partial charge < -0.3 is 14.3 Å². The average molecular weight is 357 g/mol. The van der Waals surface area contributed by atoms with Gasteiger partial charge in [0.25, 0.3) is 0 Å². The number of aryl methyl sites for hydroxylation is 1. The first-order valence-electron chi connectivity index (χ1n) is 7.72. The molecule has 1 fully saturated rings. The molecule has 1 aliphatic heterocycles. The number of thiocarbonyl (C=S) groups is 1. The third kappa shape index (κ3) is 5.78. The molecule has 1 saturated heterocycles. The Morgan fingerprint density at radius 2 is 2.17 bits per heavy atom. The van der Waals surface area contributed by atoms with E-state index in [0.29, 0.717) is 5.75 Å². The molecule has 0 spiro atoms. The summed E-state index contributed by atoms with van der Waals surface area (Å²) in [5.74, 6) is 1.42. The summed E-state index contributed by atoms with van der Waals surface area (Å²) in [4.78, 5) is 18.5. The summed E-state index contributed by atoms with van der Waals surface area (Å²) in [6, 6.07) is 1.96. The van der Waals surface area contributed by atoms with Gasteiger partial charge in [-0.3, -0.25) is 9.69 Å². The SMILES string of the molecule is Cc1cc(CN2CCCN(C(=O)CSC(=S)N(C)C)CC2)no1.